The number of aromatic nitrogens is 2. The minimum Gasteiger partial charge on any atom is -0.496 e. The van der Waals surface area contributed by atoms with Crippen LogP contribution in [0.4, 0.5) is 0 Å². The van der Waals surface area contributed by atoms with E-state index in [4.69, 9.17) is 14.2 Å². The highest BCUT2D eigenvalue weighted by Crippen LogP contribution is 2.56. The van der Waals surface area contributed by atoms with Gasteiger partial charge in [0.25, 0.3) is 0 Å². The van der Waals surface area contributed by atoms with Gasteiger partial charge in [0, 0.05) is 76.4 Å². The van der Waals surface area contributed by atoms with E-state index in [2.05, 4.69) is 83.1 Å². The quantitative estimate of drug-likeness (QED) is 0.181. The number of aromatic amines is 2. The number of fused-ring (bicyclic) bond motifs is 9. The maximum atomic E-state index is 14.2. The number of likely N-dealkylation sites (N-methyl/N-ethyl adjacent to an activating group) is 1. The second-order valence-corrected chi connectivity index (χ2v) is 16.3. The number of esters is 2. The molecular formula is C43H52N4O5. The van der Waals surface area contributed by atoms with Gasteiger partial charge in [0.1, 0.15) is 11.2 Å². The van der Waals surface area contributed by atoms with Crippen molar-refractivity contribution in [3.8, 4) is 5.75 Å². The van der Waals surface area contributed by atoms with Gasteiger partial charge in [-0.15, -0.1) is 0 Å². The van der Waals surface area contributed by atoms with Gasteiger partial charge in [0.15, 0.2) is 0 Å². The Bertz CT molecular complexity index is 2110. The molecule has 274 valence electrons. The van der Waals surface area contributed by atoms with Crippen molar-refractivity contribution in [2.45, 2.75) is 75.8 Å². The molecule has 9 nitrogen and oxygen atoms in total. The number of methoxy groups -OCH3 is 3. The van der Waals surface area contributed by atoms with Gasteiger partial charge >= 0.3 is 11.9 Å². The van der Waals surface area contributed by atoms with Crippen molar-refractivity contribution >= 4 is 33.7 Å². The molecular weight excluding hydrogens is 652 g/mol. The van der Waals surface area contributed by atoms with Gasteiger partial charge < -0.3 is 24.2 Å². The molecule has 10 rings (SSSR count). The summed E-state index contributed by atoms with van der Waals surface area (Å²) in [4.78, 5) is 40.8. The highest BCUT2D eigenvalue weighted by Gasteiger charge is 2.62. The first kappa shape index (κ1) is 33.7. The van der Waals surface area contributed by atoms with Gasteiger partial charge in [0.2, 0.25) is 0 Å². The minimum absolute atomic E-state index is 0.00122. The van der Waals surface area contributed by atoms with Crippen LogP contribution < -0.4 is 4.74 Å². The van der Waals surface area contributed by atoms with Gasteiger partial charge in [-0.1, -0.05) is 43.2 Å². The molecule has 0 amide bonds. The van der Waals surface area contributed by atoms with Crippen LogP contribution in [0.2, 0.25) is 0 Å². The summed E-state index contributed by atoms with van der Waals surface area (Å²) in [6.45, 7) is 7.17. The number of nitrogens with zero attached hydrogens (tertiary/aromatic N) is 2. The fourth-order valence-corrected chi connectivity index (χ4v) is 12.1. The molecule has 3 saturated heterocycles. The van der Waals surface area contributed by atoms with Gasteiger partial charge in [-0.25, -0.2) is 0 Å². The Morgan fingerprint density at radius 2 is 1.85 bits per heavy atom. The SMILES string of the molecule is C/C=C1/CN(C)[C@H]2Cc3c([nH]c4ccccc34)[C@H](c3cc4[nH]c5c(c4cc3OC)CCN3C[C@H]4C[C@@H](CC)[C@H]3[C@@]5(C(=O)OC)C4)C[C@H]1[C@@H]2C(=O)OC. The number of hydrogen-bond acceptors (Lipinski definition) is 7. The molecule has 2 N–H and O–H groups in total. The number of allylic oxidation sites excluding steroid dienone is 1. The summed E-state index contributed by atoms with van der Waals surface area (Å²) in [6.07, 6.45) is 7.59. The molecule has 9 atom stereocenters. The van der Waals surface area contributed by atoms with Crippen LogP contribution in [0.3, 0.4) is 0 Å². The third-order valence-electron chi connectivity index (χ3n) is 14.1. The summed E-state index contributed by atoms with van der Waals surface area (Å²) >= 11 is 0. The lowest BCUT2D eigenvalue weighted by Crippen LogP contribution is -2.67. The molecule has 2 aliphatic carbocycles. The zero-order chi connectivity index (χ0) is 36.1. The fraction of sp³-hybridized carbons (Fsp3) is 0.535. The molecule has 4 aliphatic heterocycles. The van der Waals surface area contributed by atoms with Crippen LogP contribution in [-0.2, 0) is 37.3 Å². The lowest BCUT2D eigenvalue weighted by Gasteiger charge is -2.57. The van der Waals surface area contributed by atoms with Crippen LogP contribution in [0.15, 0.2) is 48.0 Å². The Morgan fingerprint density at radius 3 is 2.60 bits per heavy atom. The Kier molecular flexibility index (Phi) is 8.12. The number of benzene rings is 2. The largest absolute Gasteiger partial charge is 0.496 e. The fourth-order valence-electron chi connectivity index (χ4n) is 12.1. The Morgan fingerprint density at radius 1 is 1.02 bits per heavy atom. The van der Waals surface area contributed by atoms with E-state index in [9.17, 15) is 9.59 Å². The van der Waals surface area contributed by atoms with E-state index in [1.165, 1.54) is 41.3 Å². The van der Waals surface area contributed by atoms with Crippen LogP contribution in [0, 0.1) is 23.7 Å². The summed E-state index contributed by atoms with van der Waals surface area (Å²) in [5.41, 5.74) is 8.48. The molecule has 0 spiro atoms. The third kappa shape index (κ3) is 4.67. The highest BCUT2D eigenvalue weighted by atomic mass is 16.5. The van der Waals surface area contributed by atoms with E-state index in [0.29, 0.717) is 11.8 Å². The van der Waals surface area contributed by atoms with Crippen LogP contribution in [0.1, 0.15) is 73.5 Å². The summed E-state index contributed by atoms with van der Waals surface area (Å²) in [6, 6.07) is 13.2. The second-order valence-electron chi connectivity index (χ2n) is 16.3. The normalized spacial score (nSPS) is 33.2. The summed E-state index contributed by atoms with van der Waals surface area (Å²) in [5.74, 6) is 1.11. The number of piperidine rings is 3. The summed E-state index contributed by atoms with van der Waals surface area (Å²) in [7, 11) is 6.99. The van der Waals surface area contributed by atoms with Crippen molar-refractivity contribution in [1.82, 2.24) is 19.8 Å². The molecule has 1 saturated carbocycles. The first-order valence-electron chi connectivity index (χ1n) is 19.3. The number of nitrogens with one attached hydrogen (secondary N) is 2. The molecule has 2 aromatic carbocycles. The number of likely N-dealkylation sites (tertiary alicyclic amines) is 1. The maximum absolute atomic E-state index is 14.2. The molecule has 52 heavy (non-hydrogen) atoms. The zero-order valence-corrected chi connectivity index (χ0v) is 31.4. The highest BCUT2D eigenvalue weighted by molar-refractivity contribution is 5.93. The molecule has 4 fully saturated rings. The third-order valence-corrected chi connectivity index (χ3v) is 14.1. The number of carbonyl (C=O) groups is 2. The second kappa shape index (κ2) is 12.5. The molecule has 1 unspecified atom stereocenters. The smallest absolute Gasteiger partial charge is 0.319 e. The first-order chi connectivity index (χ1) is 25.3. The Hall–Kier alpha value is -4.08. The number of H-pyrrole nitrogens is 2. The maximum Gasteiger partial charge on any atom is 0.319 e. The van der Waals surface area contributed by atoms with Gasteiger partial charge in [0.05, 0.1) is 27.2 Å². The number of carbonyl (C=O) groups excluding carboxylic acids is 2. The first-order valence-corrected chi connectivity index (χ1v) is 19.3. The zero-order valence-electron chi connectivity index (χ0n) is 31.4. The number of hydrogen-bond donors (Lipinski definition) is 2. The minimum atomic E-state index is -0.725. The molecule has 6 aliphatic rings. The van der Waals surface area contributed by atoms with Crippen molar-refractivity contribution < 1.29 is 23.8 Å². The molecule has 6 heterocycles. The van der Waals surface area contributed by atoms with Crippen molar-refractivity contribution in [2.24, 2.45) is 23.7 Å². The van der Waals surface area contributed by atoms with E-state index in [1.54, 1.807) is 14.2 Å². The van der Waals surface area contributed by atoms with Crippen molar-refractivity contribution in [3.05, 3.63) is 76.1 Å². The summed E-state index contributed by atoms with van der Waals surface area (Å²) < 4.78 is 17.6. The molecule has 9 heteroatoms. The number of para-hydroxylation sites is 1. The van der Waals surface area contributed by atoms with Crippen LogP contribution in [0.25, 0.3) is 21.8 Å². The monoisotopic (exact) mass is 704 g/mol. The lowest BCUT2D eigenvalue weighted by atomic mass is 9.56. The van der Waals surface area contributed by atoms with Gasteiger partial charge in [-0.2, -0.15) is 0 Å². The van der Waals surface area contributed by atoms with E-state index < -0.39 is 5.41 Å². The van der Waals surface area contributed by atoms with Crippen molar-refractivity contribution in [2.75, 3.05) is 48.0 Å². The van der Waals surface area contributed by atoms with Gasteiger partial charge in [-0.3, -0.25) is 19.4 Å². The Labute approximate surface area is 306 Å². The van der Waals surface area contributed by atoms with Crippen LogP contribution >= 0.6 is 0 Å². The standard InChI is InChI=1S/C43H52N4O5/c1-7-24-15-23-20-43(42(49)52-6)39-27(13-14-47(21-23)40(24)43)29-19-36(50-4)30(17-34(29)45-39)31-16-28-25(8-2)22-46(3)35(37(28)41(48)51-5)18-32-26-11-9-10-12-33(26)44-38(31)32/h8-12,17,19,23-24,28,31,35,37,40,44-45H,7,13-16,18,20-22H2,1-6H3/b25-8-/t23-,24+,28+,31-,35-,37-,40-,43+/m0/s1. The van der Waals surface area contributed by atoms with Crippen LogP contribution in [-0.4, -0.2) is 91.8 Å². The van der Waals surface area contributed by atoms with E-state index in [-0.39, 0.29) is 41.8 Å². The van der Waals surface area contributed by atoms with E-state index >= 15 is 0 Å². The molecule has 2 aromatic heterocycles. The summed E-state index contributed by atoms with van der Waals surface area (Å²) in [5, 5.41) is 2.32. The number of rotatable bonds is 5. The molecule has 4 aromatic rings. The number of ether oxygens (including phenoxy) is 3. The van der Waals surface area contributed by atoms with Crippen molar-refractivity contribution in [1.29, 1.82) is 0 Å². The van der Waals surface area contributed by atoms with E-state index in [0.717, 1.165) is 85.2 Å². The molecule has 6 bridgehead atoms. The predicted octanol–water partition coefficient (Wildman–Crippen LogP) is 6.49. The van der Waals surface area contributed by atoms with E-state index in [1.807, 2.05) is 0 Å². The average molecular weight is 705 g/mol. The lowest BCUT2D eigenvalue weighted by molar-refractivity contribution is -0.162. The van der Waals surface area contributed by atoms with Gasteiger partial charge in [-0.05, 0) is 93.2 Å². The Balaban J connectivity index is 1.27. The average Bonchev–Trinajstić information content (AvgIpc) is 3.69. The topological polar surface area (TPSA) is 99.9 Å². The van der Waals surface area contributed by atoms with Crippen LogP contribution in [0.5, 0.6) is 5.75 Å². The molecule has 0 radical (unpaired) electrons. The predicted molar refractivity (Wildman–Crippen MR) is 202 cm³/mol. The van der Waals surface area contributed by atoms with Crippen molar-refractivity contribution in [3.63, 3.8) is 0 Å².